The van der Waals surface area contributed by atoms with Crippen LogP contribution in [0, 0.1) is 0 Å². The molecule has 0 bridgehead atoms. The fourth-order valence-electron chi connectivity index (χ4n) is 4.02. The second kappa shape index (κ2) is 9.83. The number of aromatic nitrogens is 3. The molecule has 3 N–H and O–H groups in total. The van der Waals surface area contributed by atoms with Gasteiger partial charge in [0.25, 0.3) is 0 Å². The summed E-state index contributed by atoms with van der Waals surface area (Å²) in [4.78, 5) is 39.4. The van der Waals surface area contributed by atoms with Crippen LogP contribution in [0.5, 0.6) is 0 Å². The van der Waals surface area contributed by atoms with Gasteiger partial charge in [0.2, 0.25) is 0 Å². The highest BCUT2D eigenvalue weighted by molar-refractivity contribution is 6.29. The molecule has 0 spiro atoms. The number of pyridine rings is 1. The van der Waals surface area contributed by atoms with E-state index in [2.05, 4.69) is 37.4 Å². The molecule has 0 aliphatic heterocycles. The predicted molar refractivity (Wildman–Crippen MR) is 137 cm³/mol. The molecule has 0 unspecified atom stereocenters. The van der Waals surface area contributed by atoms with Gasteiger partial charge in [0, 0.05) is 41.2 Å². The monoisotopic (exact) mass is 477 g/mol. The highest BCUT2D eigenvalue weighted by Gasteiger charge is 2.31. The predicted octanol–water partition coefficient (Wildman–Crippen LogP) is 5.52. The number of unbranched alkanes of at least 4 members (excludes halogenated alkanes) is 1. The van der Waals surface area contributed by atoms with Crippen molar-refractivity contribution in [3.8, 4) is 11.4 Å². The molecule has 1 aliphatic carbocycles. The van der Waals surface area contributed by atoms with Gasteiger partial charge in [-0.3, -0.25) is 14.6 Å². The van der Waals surface area contributed by atoms with E-state index in [9.17, 15) is 9.59 Å². The molecule has 9 nitrogen and oxygen atoms in total. The second-order valence-electron chi connectivity index (χ2n) is 8.25. The summed E-state index contributed by atoms with van der Waals surface area (Å²) in [5, 5.41) is 12.0. The van der Waals surface area contributed by atoms with Crippen LogP contribution in [0.1, 0.15) is 51.6 Å². The number of carbonyl (C=O) groups excluding carboxylic acids is 2. The number of ketones is 2. The van der Waals surface area contributed by atoms with Crippen LogP contribution in [0.2, 0.25) is 0 Å². The molecule has 1 aliphatic rings. The fraction of sp³-hybridized carbons (Fsp3) is 0.148. The van der Waals surface area contributed by atoms with Crippen LogP contribution in [0.15, 0.2) is 77.2 Å². The molecular weight excluding hydrogens is 454 g/mol. The maximum Gasteiger partial charge on any atom is 0.196 e. The topological polar surface area (TPSA) is 136 Å². The molecule has 2 heterocycles. The third kappa shape index (κ3) is 4.22. The van der Waals surface area contributed by atoms with Crippen molar-refractivity contribution in [2.24, 2.45) is 10.2 Å². The number of benzene rings is 2. The summed E-state index contributed by atoms with van der Waals surface area (Å²) >= 11 is 0. The van der Waals surface area contributed by atoms with E-state index in [1.807, 2.05) is 0 Å². The molecule has 0 saturated heterocycles. The number of nitrogens with zero attached hydrogens (tertiary/aromatic N) is 5. The third-order valence-corrected chi connectivity index (χ3v) is 5.86. The Labute approximate surface area is 207 Å². The minimum atomic E-state index is -0.270. The Morgan fingerprint density at radius 3 is 2.33 bits per heavy atom. The molecule has 0 amide bonds. The van der Waals surface area contributed by atoms with E-state index < -0.39 is 0 Å². The summed E-state index contributed by atoms with van der Waals surface area (Å²) in [5.74, 6) is 0.514. The normalized spacial score (nSPS) is 12.5. The molecule has 0 fully saturated rings. The lowest BCUT2D eigenvalue weighted by atomic mass is 9.83. The molecule has 178 valence electrons. The van der Waals surface area contributed by atoms with Crippen LogP contribution >= 0.6 is 0 Å². The summed E-state index contributed by atoms with van der Waals surface area (Å²) in [6.45, 7) is 2.75. The Kier molecular flexibility index (Phi) is 6.27. The number of rotatable bonds is 7. The van der Waals surface area contributed by atoms with Gasteiger partial charge in [0.05, 0.1) is 11.3 Å². The van der Waals surface area contributed by atoms with Crippen molar-refractivity contribution in [1.82, 2.24) is 15.0 Å². The van der Waals surface area contributed by atoms with Crippen LogP contribution in [-0.4, -0.2) is 33.1 Å². The molecule has 0 radical (unpaired) electrons. The highest BCUT2D eigenvalue weighted by Crippen LogP contribution is 2.36. The van der Waals surface area contributed by atoms with Gasteiger partial charge in [-0.25, -0.2) is 9.97 Å². The number of hydrogen-bond donors (Lipinski definition) is 2. The van der Waals surface area contributed by atoms with E-state index in [1.54, 1.807) is 67.0 Å². The summed E-state index contributed by atoms with van der Waals surface area (Å²) in [5.41, 5.74) is 8.85. The number of fused-ring (bicyclic) bond motifs is 2. The van der Waals surface area contributed by atoms with Gasteiger partial charge < -0.3 is 11.1 Å². The molecule has 2 aromatic heterocycles. The van der Waals surface area contributed by atoms with Gasteiger partial charge in [-0.2, -0.15) is 0 Å². The molecule has 36 heavy (non-hydrogen) atoms. The summed E-state index contributed by atoms with van der Waals surface area (Å²) in [6.07, 6.45) is 5.23. The molecule has 5 rings (SSSR count). The number of anilines is 2. The Morgan fingerprint density at radius 2 is 1.58 bits per heavy atom. The lowest BCUT2D eigenvalue weighted by Gasteiger charge is -2.18. The maximum absolute atomic E-state index is 13.3. The first-order valence-electron chi connectivity index (χ1n) is 11.6. The average molecular weight is 478 g/mol. The summed E-state index contributed by atoms with van der Waals surface area (Å²) in [6, 6.07) is 15.3. The first kappa shape index (κ1) is 23.0. The van der Waals surface area contributed by atoms with Crippen molar-refractivity contribution >= 4 is 34.6 Å². The molecule has 2 aromatic carbocycles. The number of azo groups is 1. The van der Waals surface area contributed by atoms with Crippen molar-refractivity contribution in [3.05, 3.63) is 89.2 Å². The standard InChI is InChI=1S/C27H23N7O2/c1-2-3-13-30-27-22(25(28)31-26(32-27)16-11-14-29-15-12-16)34-33-20-10-6-9-19-21(20)24(36)18-8-5-4-7-17(18)23(19)35/h4-12,14-15H,2-3,13H2,1H3,(H3,28,30,31,32). The van der Waals surface area contributed by atoms with Gasteiger partial charge in [-0.05, 0) is 24.6 Å². The van der Waals surface area contributed by atoms with E-state index in [4.69, 9.17) is 5.73 Å². The lowest BCUT2D eigenvalue weighted by molar-refractivity contribution is 0.0979. The Bertz CT molecular complexity index is 1500. The van der Waals surface area contributed by atoms with Crippen molar-refractivity contribution < 1.29 is 9.59 Å². The minimum absolute atomic E-state index is 0.136. The first-order chi connectivity index (χ1) is 17.6. The van der Waals surface area contributed by atoms with E-state index in [0.717, 1.165) is 18.4 Å². The number of nitrogens with one attached hydrogen (secondary N) is 1. The lowest BCUT2D eigenvalue weighted by Crippen LogP contribution is -2.20. The SMILES string of the molecule is CCCCNc1nc(-c2ccncc2)nc(N)c1N=Nc1cccc2c1C(=O)c1ccccc1C2=O. The zero-order chi connectivity index (χ0) is 25.1. The highest BCUT2D eigenvalue weighted by atomic mass is 16.1. The summed E-state index contributed by atoms with van der Waals surface area (Å²) < 4.78 is 0. The van der Waals surface area contributed by atoms with E-state index in [-0.39, 0.29) is 34.3 Å². The third-order valence-electron chi connectivity index (χ3n) is 5.86. The maximum atomic E-state index is 13.3. The van der Waals surface area contributed by atoms with Crippen molar-refractivity contribution in [2.75, 3.05) is 17.6 Å². The molecule has 0 atom stereocenters. The van der Waals surface area contributed by atoms with Gasteiger partial charge in [0.15, 0.2) is 34.7 Å². The van der Waals surface area contributed by atoms with Crippen LogP contribution < -0.4 is 11.1 Å². The Hall–Kier alpha value is -4.79. The average Bonchev–Trinajstić information content (AvgIpc) is 2.91. The van der Waals surface area contributed by atoms with Gasteiger partial charge in [0.1, 0.15) is 0 Å². The number of nitrogen functional groups attached to an aromatic ring is 1. The zero-order valence-electron chi connectivity index (χ0n) is 19.6. The van der Waals surface area contributed by atoms with Crippen LogP contribution in [-0.2, 0) is 0 Å². The number of hydrogen-bond acceptors (Lipinski definition) is 9. The van der Waals surface area contributed by atoms with Crippen molar-refractivity contribution in [3.63, 3.8) is 0 Å². The minimum Gasteiger partial charge on any atom is -0.382 e. The van der Waals surface area contributed by atoms with Crippen molar-refractivity contribution in [1.29, 1.82) is 0 Å². The van der Waals surface area contributed by atoms with Crippen LogP contribution in [0.25, 0.3) is 11.4 Å². The zero-order valence-corrected chi connectivity index (χ0v) is 19.6. The molecular formula is C27H23N7O2. The molecule has 4 aromatic rings. The van der Waals surface area contributed by atoms with Gasteiger partial charge in [-0.15, -0.1) is 10.2 Å². The van der Waals surface area contributed by atoms with Crippen molar-refractivity contribution in [2.45, 2.75) is 19.8 Å². The van der Waals surface area contributed by atoms with E-state index in [0.29, 0.717) is 34.9 Å². The second-order valence-corrected chi connectivity index (χ2v) is 8.25. The van der Waals surface area contributed by atoms with Gasteiger partial charge in [-0.1, -0.05) is 49.7 Å². The summed E-state index contributed by atoms with van der Waals surface area (Å²) in [7, 11) is 0. The molecule has 0 saturated carbocycles. The first-order valence-corrected chi connectivity index (χ1v) is 11.6. The van der Waals surface area contributed by atoms with Gasteiger partial charge >= 0.3 is 0 Å². The Morgan fingerprint density at radius 1 is 0.861 bits per heavy atom. The van der Waals surface area contributed by atoms with E-state index >= 15 is 0 Å². The number of nitrogens with two attached hydrogens (primary N) is 1. The smallest absolute Gasteiger partial charge is 0.196 e. The molecule has 9 heteroatoms. The van der Waals surface area contributed by atoms with E-state index in [1.165, 1.54) is 0 Å². The quantitative estimate of drug-likeness (QED) is 0.232. The largest absolute Gasteiger partial charge is 0.382 e. The Balaban J connectivity index is 1.57. The van der Waals surface area contributed by atoms with Crippen LogP contribution in [0.3, 0.4) is 0 Å². The van der Waals surface area contributed by atoms with Crippen LogP contribution in [0.4, 0.5) is 23.0 Å². The number of carbonyl (C=O) groups is 2. The fourth-order valence-corrected chi connectivity index (χ4v) is 4.02.